The Kier molecular flexibility index (Phi) is 4.94. The van der Waals surface area contributed by atoms with Gasteiger partial charge in [-0.25, -0.2) is 4.79 Å². The molecule has 1 atom stereocenters. The molecular weight excluding hydrogens is 272 g/mol. The van der Waals surface area contributed by atoms with Crippen LogP contribution in [0, 0.1) is 0 Å². The van der Waals surface area contributed by atoms with E-state index in [2.05, 4.69) is 20.8 Å². The molecular formula is C13H20N6O2. The predicted molar refractivity (Wildman–Crippen MR) is 77.9 cm³/mol. The lowest BCUT2D eigenvalue weighted by molar-refractivity contribution is 0.183. The Morgan fingerprint density at radius 2 is 2.33 bits per heavy atom. The summed E-state index contributed by atoms with van der Waals surface area (Å²) in [4.78, 5) is 11.9. The summed E-state index contributed by atoms with van der Waals surface area (Å²) in [6.07, 6.45) is 5.38. The van der Waals surface area contributed by atoms with Crippen LogP contribution in [0.2, 0.25) is 0 Å². The van der Waals surface area contributed by atoms with Gasteiger partial charge in [0, 0.05) is 38.2 Å². The number of carbonyl (C=O) groups is 1. The van der Waals surface area contributed by atoms with Crippen molar-refractivity contribution in [2.45, 2.75) is 19.5 Å². The fourth-order valence-corrected chi connectivity index (χ4v) is 1.83. The first-order valence-electron chi connectivity index (χ1n) is 6.67. The minimum Gasteiger partial charge on any atom is -0.383 e. The Balaban J connectivity index is 1.85. The molecule has 0 aliphatic rings. The third kappa shape index (κ3) is 4.32. The molecule has 2 aromatic heterocycles. The summed E-state index contributed by atoms with van der Waals surface area (Å²) in [5.41, 5.74) is 0.943. The van der Waals surface area contributed by atoms with Crippen LogP contribution in [-0.4, -0.2) is 39.3 Å². The number of anilines is 1. The highest BCUT2D eigenvalue weighted by Crippen LogP contribution is 2.10. The van der Waals surface area contributed by atoms with E-state index in [1.54, 1.807) is 34.9 Å². The largest absolute Gasteiger partial charge is 0.383 e. The van der Waals surface area contributed by atoms with E-state index in [0.717, 1.165) is 5.56 Å². The molecule has 2 N–H and O–H groups in total. The van der Waals surface area contributed by atoms with Crippen LogP contribution in [0.5, 0.6) is 0 Å². The Morgan fingerprint density at radius 3 is 3.00 bits per heavy atom. The van der Waals surface area contributed by atoms with Crippen molar-refractivity contribution in [1.29, 1.82) is 0 Å². The second-order valence-electron chi connectivity index (χ2n) is 4.72. The van der Waals surface area contributed by atoms with Gasteiger partial charge < -0.3 is 10.1 Å². The quantitative estimate of drug-likeness (QED) is 0.836. The van der Waals surface area contributed by atoms with Crippen molar-refractivity contribution in [1.82, 2.24) is 24.9 Å². The molecule has 8 heteroatoms. The topological polar surface area (TPSA) is 86.0 Å². The van der Waals surface area contributed by atoms with E-state index in [1.807, 2.05) is 20.2 Å². The van der Waals surface area contributed by atoms with E-state index >= 15 is 0 Å². The van der Waals surface area contributed by atoms with E-state index in [-0.39, 0.29) is 12.1 Å². The third-order valence-corrected chi connectivity index (χ3v) is 2.98. The van der Waals surface area contributed by atoms with Crippen LogP contribution < -0.4 is 10.6 Å². The van der Waals surface area contributed by atoms with Gasteiger partial charge in [0.15, 0.2) is 5.82 Å². The monoisotopic (exact) mass is 292 g/mol. The van der Waals surface area contributed by atoms with E-state index in [0.29, 0.717) is 19.0 Å². The van der Waals surface area contributed by atoms with E-state index in [4.69, 9.17) is 4.74 Å². The lowest BCUT2D eigenvalue weighted by Gasteiger charge is -2.12. The number of aryl methyl sites for hydroxylation is 1. The maximum absolute atomic E-state index is 11.9. The zero-order chi connectivity index (χ0) is 15.2. The molecule has 0 aliphatic heterocycles. The maximum Gasteiger partial charge on any atom is 0.320 e. The van der Waals surface area contributed by atoms with Gasteiger partial charge in [-0.3, -0.25) is 14.7 Å². The van der Waals surface area contributed by atoms with Gasteiger partial charge in [0.25, 0.3) is 0 Å². The standard InChI is InChI=1S/C13H20N6O2/c1-10(11-8-14-18(2)9-11)15-13(20)16-12-4-5-19(17-12)6-7-21-3/h4-5,8-10H,6-7H2,1-3H3,(H2,15,16,17,20)/t10-/m1/s1. The molecule has 2 amide bonds. The Bertz CT molecular complexity index is 591. The summed E-state index contributed by atoms with van der Waals surface area (Å²) in [7, 11) is 3.47. The number of hydrogen-bond acceptors (Lipinski definition) is 4. The summed E-state index contributed by atoms with van der Waals surface area (Å²) in [6, 6.07) is 1.31. The number of ether oxygens (including phenoxy) is 1. The van der Waals surface area contributed by atoms with Crippen molar-refractivity contribution in [3.63, 3.8) is 0 Å². The third-order valence-electron chi connectivity index (χ3n) is 2.98. The second kappa shape index (κ2) is 6.89. The van der Waals surface area contributed by atoms with Gasteiger partial charge in [-0.2, -0.15) is 10.2 Å². The highest BCUT2D eigenvalue weighted by atomic mass is 16.5. The van der Waals surface area contributed by atoms with Crippen molar-refractivity contribution in [2.75, 3.05) is 19.0 Å². The molecule has 0 bridgehead atoms. The van der Waals surface area contributed by atoms with Gasteiger partial charge in [-0.05, 0) is 6.92 Å². The van der Waals surface area contributed by atoms with Gasteiger partial charge in [0.2, 0.25) is 0 Å². The van der Waals surface area contributed by atoms with E-state index in [9.17, 15) is 4.79 Å². The number of rotatable bonds is 6. The van der Waals surface area contributed by atoms with E-state index in [1.165, 1.54) is 0 Å². The number of urea groups is 1. The van der Waals surface area contributed by atoms with Crippen molar-refractivity contribution >= 4 is 11.8 Å². The lowest BCUT2D eigenvalue weighted by atomic mass is 10.2. The van der Waals surface area contributed by atoms with E-state index < -0.39 is 0 Å². The van der Waals surface area contributed by atoms with Gasteiger partial charge in [-0.15, -0.1) is 0 Å². The number of nitrogens with one attached hydrogen (secondary N) is 2. The number of carbonyl (C=O) groups excluding carboxylic acids is 1. The molecule has 0 unspecified atom stereocenters. The van der Waals surface area contributed by atoms with Gasteiger partial charge in [0.1, 0.15) is 0 Å². The summed E-state index contributed by atoms with van der Waals surface area (Å²) < 4.78 is 8.38. The van der Waals surface area contributed by atoms with Crippen LogP contribution in [0.25, 0.3) is 0 Å². The molecule has 114 valence electrons. The number of nitrogens with zero attached hydrogens (tertiary/aromatic N) is 4. The molecule has 0 saturated carbocycles. The molecule has 8 nitrogen and oxygen atoms in total. The smallest absolute Gasteiger partial charge is 0.320 e. The first kappa shape index (κ1) is 15.0. The van der Waals surface area contributed by atoms with Crippen LogP contribution in [-0.2, 0) is 18.3 Å². The van der Waals surface area contributed by atoms with Crippen LogP contribution in [0.1, 0.15) is 18.5 Å². The van der Waals surface area contributed by atoms with Crippen molar-refractivity contribution in [2.24, 2.45) is 7.05 Å². The highest BCUT2D eigenvalue weighted by molar-refractivity contribution is 5.88. The van der Waals surface area contributed by atoms with Crippen LogP contribution in [0.4, 0.5) is 10.6 Å². The average Bonchev–Trinajstić information content (AvgIpc) is 3.05. The number of methoxy groups -OCH3 is 1. The lowest BCUT2D eigenvalue weighted by Crippen LogP contribution is -2.31. The highest BCUT2D eigenvalue weighted by Gasteiger charge is 2.12. The van der Waals surface area contributed by atoms with Crippen molar-refractivity contribution < 1.29 is 9.53 Å². The number of amides is 2. The zero-order valence-corrected chi connectivity index (χ0v) is 12.4. The minimum atomic E-state index is -0.302. The van der Waals surface area contributed by atoms with Gasteiger partial charge in [0.05, 0.1) is 25.4 Å². The Morgan fingerprint density at radius 1 is 1.52 bits per heavy atom. The summed E-state index contributed by atoms with van der Waals surface area (Å²) in [6.45, 7) is 3.12. The molecule has 0 radical (unpaired) electrons. The minimum absolute atomic E-state index is 0.130. The molecule has 0 aromatic carbocycles. The Labute approximate surface area is 123 Å². The maximum atomic E-state index is 11.9. The molecule has 0 fully saturated rings. The molecule has 2 heterocycles. The van der Waals surface area contributed by atoms with Crippen LogP contribution in [0.3, 0.4) is 0 Å². The average molecular weight is 292 g/mol. The van der Waals surface area contributed by atoms with Crippen LogP contribution in [0.15, 0.2) is 24.7 Å². The molecule has 2 rings (SSSR count). The summed E-state index contributed by atoms with van der Waals surface area (Å²) in [5, 5.41) is 13.8. The first-order valence-corrected chi connectivity index (χ1v) is 6.67. The Hall–Kier alpha value is -2.35. The fourth-order valence-electron chi connectivity index (χ4n) is 1.83. The summed E-state index contributed by atoms with van der Waals surface area (Å²) in [5.74, 6) is 0.502. The van der Waals surface area contributed by atoms with Crippen molar-refractivity contribution in [3.05, 3.63) is 30.2 Å². The predicted octanol–water partition coefficient (Wildman–Crippen LogP) is 1.15. The normalized spacial score (nSPS) is 12.1. The fraction of sp³-hybridized carbons (Fsp3) is 0.462. The molecule has 0 saturated heterocycles. The SMILES string of the molecule is COCCn1ccc(NC(=O)N[C@H](C)c2cnn(C)c2)n1. The number of hydrogen-bond donors (Lipinski definition) is 2. The number of aromatic nitrogens is 4. The molecule has 2 aromatic rings. The second-order valence-corrected chi connectivity index (χ2v) is 4.72. The molecule has 21 heavy (non-hydrogen) atoms. The summed E-state index contributed by atoms with van der Waals surface area (Å²) >= 11 is 0. The van der Waals surface area contributed by atoms with Gasteiger partial charge >= 0.3 is 6.03 Å². The molecule has 0 aliphatic carbocycles. The molecule has 0 spiro atoms. The van der Waals surface area contributed by atoms with Crippen LogP contribution >= 0.6 is 0 Å². The zero-order valence-electron chi connectivity index (χ0n) is 12.4. The first-order chi connectivity index (χ1) is 10.1. The van der Waals surface area contributed by atoms with Gasteiger partial charge in [-0.1, -0.05) is 0 Å². The van der Waals surface area contributed by atoms with Crippen molar-refractivity contribution in [3.8, 4) is 0 Å².